The Kier molecular flexibility index (Phi) is 6.87. The van der Waals surface area contributed by atoms with Gasteiger partial charge in [0.05, 0.1) is 25.4 Å². The molecule has 0 radical (unpaired) electrons. The van der Waals surface area contributed by atoms with E-state index in [1.165, 1.54) is 77.5 Å². The summed E-state index contributed by atoms with van der Waals surface area (Å²) in [5.74, 6) is 0. The highest BCUT2D eigenvalue weighted by Gasteiger charge is 2.35. The molecule has 0 aromatic rings. The van der Waals surface area contributed by atoms with Crippen molar-refractivity contribution < 1.29 is 9.47 Å². The van der Waals surface area contributed by atoms with Gasteiger partial charge in [-0.15, -0.1) is 0 Å². The molecule has 4 unspecified atom stereocenters. The predicted molar refractivity (Wildman–Crippen MR) is 105 cm³/mol. The Labute approximate surface area is 160 Å². The number of likely N-dealkylation sites (N-methyl/N-ethyl adjacent to an activating group) is 1. The van der Waals surface area contributed by atoms with Crippen LogP contribution in [0.3, 0.4) is 0 Å². The molecule has 4 fully saturated rings. The van der Waals surface area contributed by atoms with Gasteiger partial charge in [-0.2, -0.15) is 0 Å². The highest BCUT2D eigenvalue weighted by atomic mass is 16.5. The van der Waals surface area contributed by atoms with E-state index in [-0.39, 0.29) is 0 Å². The van der Waals surface area contributed by atoms with Gasteiger partial charge in [0.1, 0.15) is 0 Å². The molecule has 4 rings (SSSR count). The van der Waals surface area contributed by atoms with E-state index < -0.39 is 0 Å². The first-order valence-corrected chi connectivity index (χ1v) is 11.2. The van der Waals surface area contributed by atoms with Crippen molar-refractivity contribution in [2.45, 2.75) is 75.7 Å². The Morgan fingerprint density at radius 3 is 1.69 bits per heavy atom. The van der Waals surface area contributed by atoms with Crippen molar-refractivity contribution >= 4 is 0 Å². The Bertz CT molecular complexity index is 393. The number of fused-ring (bicyclic) bond motifs is 2. The monoisotopic (exact) mass is 365 g/mol. The lowest BCUT2D eigenvalue weighted by molar-refractivity contribution is -0.0926. The molecule has 150 valence electrons. The summed E-state index contributed by atoms with van der Waals surface area (Å²) < 4.78 is 12.0. The maximum atomic E-state index is 6.02. The summed E-state index contributed by atoms with van der Waals surface area (Å²) in [6.07, 6.45) is 11.7. The summed E-state index contributed by atoms with van der Waals surface area (Å²) in [5, 5.41) is 0. The summed E-state index contributed by atoms with van der Waals surface area (Å²) in [4.78, 5) is 7.98. The zero-order valence-electron chi connectivity index (χ0n) is 16.8. The normalized spacial score (nSPS) is 36.7. The van der Waals surface area contributed by atoms with Crippen LogP contribution < -0.4 is 0 Å². The number of morpholine rings is 2. The average Bonchev–Trinajstić information content (AvgIpc) is 2.70. The van der Waals surface area contributed by atoms with Crippen molar-refractivity contribution in [2.75, 3.05) is 59.5 Å². The molecule has 5 nitrogen and oxygen atoms in total. The quantitative estimate of drug-likeness (QED) is 0.720. The summed E-state index contributed by atoms with van der Waals surface area (Å²) >= 11 is 0. The van der Waals surface area contributed by atoms with Gasteiger partial charge in [-0.25, -0.2) is 0 Å². The van der Waals surface area contributed by atoms with Crippen LogP contribution in [0.25, 0.3) is 0 Å². The molecule has 2 heterocycles. The second kappa shape index (κ2) is 9.33. The van der Waals surface area contributed by atoms with E-state index in [0.29, 0.717) is 24.3 Å². The van der Waals surface area contributed by atoms with Crippen LogP contribution in [-0.4, -0.2) is 98.5 Å². The molecule has 2 aliphatic heterocycles. The van der Waals surface area contributed by atoms with Crippen LogP contribution in [0.4, 0.5) is 0 Å². The molecular weight excluding hydrogens is 326 g/mol. The van der Waals surface area contributed by atoms with Crippen molar-refractivity contribution in [1.82, 2.24) is 14.7 Å². The minimum absolute atomic E-state index is 0.513. The second-order valence-electron chi connectivity index (χ2n) is 8.90. The third-order valence-electron chi connectivity index (χ3n) is 7.23. The van der Waals surface area contributed by atoms with Crippen LogP contribution in [0.5, 0.6) is 0 Å². The van der Waals surface area contributed by atoms with Crippen LogP contribution in [0, 0.1) is 0 Å². The molecule has 2 saturated carbocycles. The largest absolute Gasteiger partial charge is 0.375 e. The number of hydrogen-bond donors (Lipinski definition) is 0. The Morgan fingerprint density at radius 2 is 1.19 bits per heavy atom. The van der Waals surface area contributed by atoms with Gasteiger partial charge in [0, 0.05) is 51.4 Å². The van der Waals surface area contributed by atoms with Gasteiger partial charge < -0.3 is 14.4 Å². The molecule has 0 bridgehead atoms. The first-order chi connectivity index (χ1) is 12.8. The molecule has 0 aromatic carbocycles. The van der Waals surface area contributed by atoms with E-state index in [2.05, 4.69) is 21.7 Å². The molecule has 4 atom stereocenters. The molecule has 0 spiro atoms. The predicted octanol–water partition coefficient (Wildman–Crippen LogP) is 2.21. The van der Waals surface area contributed by atoms with E-state index >= 15 is 0 Å². The summed E-state index contributed by atoms with van der Waals surface area (Å²) in [6, 6.07) is 1.38. The number of hydrogen-bond acceptors (Lipinski definition) is 5. The van der Waals surface area contributed by atoms with E-state index in [1.54, 1.807) is 0 Å². The van der Waals surface area contributed by atoms with Gasteiger partial charge >= 0.3 is 0 Å². The Balaban J connectivity index is 1.19. The molecule has 26 heavy (non-hydrogen) atoms. The minimum atomic E-state index is 0.513. The van der Waals surface area contributed by atoms with Crippen molar-refractivity contribution in [3.8, 4) is 0 Å². The standard InChI is InChI=1S/C21H39N3O2/c1-22(10-12-23-14-16-25-20-8-4-2-6-18(20)23)11-13-24-15-17-26-21-9-5-3-7-19(21)24/h18-21H,2-17H2,1H3. The lowest BCUT2D eigenvalue weighted by atomic mass is 9.90. The maximum absolute atomic E-state index is 6.02. The summed E-state index contributed by atoms with van der Waals surface area (Å²) in [6.45, 7) is 8.89. The van der Waals surface area contributed by atoms with Crippen LogP contribution in [0.2, 0.25) is 0 Å². The van der Waals surface area contributed by atoms with Gasteiger partial charge in [-0.3, -0.25) is 9.80 Å². The fraction of sp³-hybridized carbons (Fsp3) is 1.00. The first kappa shape index (κ1) is 19.1. The zero-order valence-corrected chi connectivity index (χ0v) is 16.8. The fourth-order valence-corrected chi connectivity index (χ4v) is 5.62. The van der Waals surface area contributed by atoms with Gasteiger partial charge in [-0.1, -0.05) is 25.7 Å². The molecule has 2 saturated heterocycles. The van der Waals surface area contributed by atoms with Gasteiger partial charge in [-0.05, 0) is 32.7 Å². The van der Waals surface area contributed by atoms with Crippen molar-refractivity contribution in [1.29, 1.82) is 0 Å². The Hall–Kier alpha value is -0.200. The fourth-order valence-electron chi connectivity index (χ4n) is 5.62. The van der Waals surface area contributed by atoms with Gasteiger partial charge in [0.25, 0.3) is 0 Å². The molecule has 4 aliphatic rings. The van der Waals surface area contributed by atoms with Crippen molar-refractivity contribution in [3.63, 3.8) is 0 Å². The molecule has 5 heteroatoms. The molecule has 0 N–H and O–H groups in total. The van der Waals surface area contributed by atoms with Gasteiger partial charge in [0.2, 0.25) is 0 Å². The maximum Gasteiger partial charge on any atom is 0.0730 e. The SMILES string of the molecule is CN(CCN1CCOC2CCCCC21)CCN1CCOC2CCCCC21. The molecular formula is C21H39N3O2. The smallest absolute Gasteiger partial charge is 0.0730 e. The van der Waals surface area contributed by atoms with E-state index in [0.717, 1.165) is 26.3 Å². The van der Waals surface area contributed by atoms with E-state index in [4.69, 9.17) is 9.47 Å². The average molecular weight is 366 g/mol. The second-order valence-corrected chi connectivity index (χ2v) is 8.90. The van der Waals surface area contributed by atoms with Gasteiger partial charge in [0.15, 0.2) is 0 Å². The lowest BCUT2D eigenvalue weighted by Crippen LogP contribution is -2.55. The zero-order chi connectivity index (χ0) is 17.8. The lowest BCUT2D eigenvalue weighted by Gasteiger charge is -2.45. The Morgan fingerprint density at radius 1 is 0.731 bits per heavy atom. The minimum Gasteiger partial charge on any atom is -0.375 e. The molecule has 0 amide bonds. The van der Waals surface area contributed by atoms with Crippen molar-refractivity contribution in [3.05, 3.63) is 0 Å². The highest BCUT2D eigenvalue weighted by molar-refractivity contribution is 4.89. The van der Waals surface area contributed by atoms with Crippen LogP contribution >= 0.6 is 0 Å². The van der Waals surface area contributed by atoms with Crippen LogP contribution in [0.1, 0.15) is 51.4 Å². The number of rotatable bonds is 6. The van der Waals surface area contributed by atoms with Crippen LogP contribution in [-0.2, 0) is 9.47 Å². The third kappa shape index (κ3) is 4.61. The topological polar surface area (TPSA) is 28.2 Å². The third-order valence-corrected chi connectivity index (χ3v) is 7.23. The summed E-state index contributed by atoms with van der Waals surface area (Å²) in [7, 11) is 2.30. The first-order valence-electron chi connectivity index (χ1n) is 11.2. The highest BCUT2D eigenvalue weighted by Crippen LogP contribution is 2.29. The molecule has 2 aliphatic carbocycles. The number of nitrogens with zero attached hydrogens (tertiary/aromatic N) is 3. The van der Waals surface area contributed by atoms with E-state index in [9.17, 15) is 0 Å². The summed E-state index contributed by atoms with van der Waals surface area (Å²) in [5.41, 5.74) is 0. The number of ether oxygens (including phenoxy) is 2. The van der Waals surface area contributed by atoms with Crippen molar-refractivity contribution in [2.24, 2.45) is 0 Å². The molecule has 0 aromatic heterocycles. The van der Waals surface area contributed by atoms with Crippen LogP contribution in [0.15, 0.2) is 0 Å². The van der Waals surface area contributed by atoms with E-state index in [1.807, 2.05) is 0 Å².